The standard InChI is InChI=1S/C15H30N4.HI/c1-15(2,19-11-7-4-8-12-19)13-17-14(16)18-9-5-3-6-10-18;/h3-13H2,1-2H3,(H2,16,17);1H. The Hall–Kier alpha value is -0.0400. The van der Waals surface area contributed by atoms with Crippen LogP contribution in [0.3, 0.4) is 0 Å². The van der Waals surface area contributed by atoms with Gasteiger partial charge >= 0.3 is 0 Å². The minimum atomic E-state index is 0. The lowest BCUT2D eigenvalue weighted by molar-refractivity contribution is 0.102. The maximum atomic E-state index is 6.14. The zero-order valence-corrected chi connectivity index (χ0v) is 15.4. The number of hydrogen-bond acceptors (Lipinski definition) is 2. The summed E-state index contributed by atoms with van der Waals surface area (Å²) in [5.41, 5.74) is 6.28. The van der Waals surface area contributed by atoms with Gasteiger partial charge in [0.1, 0.15) is 0 Å². The van der Waals surface area contributed by atoms with Crippen LogP contribution in [0.5, 0.6) is 0 Å². The first-order valence-corrected chi connectivity index (χ1v) is 7.89. The molecule has 2 aliphatic rings. The van der Waals surface area contributed by atoms with E-state index in [1.54, 1.807) is 0 Å². The molecule has 0 bridgehead atoms. The third kappa shape index (κ3) is 5.06. The largest absolute Gasteiger partial charge is 0.370 e. The van der Waals surface area contributed by atoms with E-state index in [1.807, 2.05) is 0 Å². The van der Waals surface area contributed by atoms with Crippen molar-refractivity contribution in [2.24, 2.45) is 10.7 Å². The second kappa shape index (κ2) is 8.41. The molecule has 0 radical (unpaired) electrons. The maximum Gasteiger partial charge on any atom is 0.191 e. The van der Waals surface area contributed by atoms with Crippen molar-refractivity contribution in [3.8, 4) is 0 Å². The minimum Gasteiger partial charge on any atom is -0.370 e. The highest BCUT2D eigenvalue weighted by atomic mass is 127. The van der Waals surface area contributed by atoms with Gasteiger partial charge in [0.25, 0.3) is 0 Å². The van der Waals surface area contributed by atoms with Crippen molar-refractivity contribution in [1.82, 2.24) is 9.80 Å². The third-order valence-corrected chi connectivity index (χ3v) is 4.52. The summed E-state index contributed by atoms with van der Waals surface area (Å²) < 4.78 is 0. The zero-order chi connectivity index (χ0) is 13.7. The molecule has 0 saturated carbocycles. The molecule has 20 heavy (non-hydrogen) atoms. The van der Waals surface area contributed by atoms with Crippen molar-refractivity contribution in [2.75, 3.05) is 32.7 Å². The minimum absolute atomic E-state index is 0. The first-order valence-electron chi connectivity index (χ1n) is 7.89. The molecule has 2 rings (SSSR count). The monoisotopic (exact) mass is 394 g/mol. The van der Waals surface area contributed by atoms with Crippen molar-refractivity contribution in [1.29, 1.82) is 0 Å². The molecule has 0 aromatic carbocycles. The number of nitrogens with zero attached hydrogens (tertiary/aromatic N) is 3. The van der Waals surface area contributed by atoms with Gasteiger partial charge in [-0.05, 0) is 59.0 Å². The Kier molecular flexibility index (Phi) is 7.58. The lowest BCUT2D eigenvalue weighted by Gasteiger charge is -2.40. The molecule has 0 unspecified atom stereocenters. The number of piperidine rings is 2. The number of aliphatic imine (C=N–C) groups is 1. The Morgan fingerprint density at radius 1 is 0.950 bits per heavy atom. The van der Waals surface area contributed by atoms with Gasteiger partial charge in [-0.1, -0.05) is 6.42 Å². The van der Waals surface area contributed by atoms with Crippen molar-refractivity contribution in [3.63, 3.8) is 0 Å². The Bertz CT molecular complexity index is 305. The smallest absolute Gasteiger partial charge is 0.191 e. The number of likely N-dealkylation sites (tertiary alicyclic amines) is 2. The Balaban J connectivity index is 0.00000200. The van der Waals surface area contributed by atoms with E-state index in [4.69, 9.17) is 5.73 Å². The van der Waals surface area contributed by atoms with E-state index in [1.165, 1.54) is 51.6 Å². The van der Waals surface area contributed by atoms with Gasteiger partial charge in [0, 0.05) is 18.6 Å². The van der Waals surface area contributed by atoms with Crippen LogP contribution in [0.1, 0.15) is 52.4 Å². The van der Waals surface area contributed by atoms with E-state index >= 15 is 0 Å². The topological polar surface area (TPSA) is 44.9 Å². The van der Waals surface area contributed by atoms with Gasteiger partial charge in [0.05, 0.1) is 6.54 Å². The summed E-state index contributed by atoms with van der Waals surface area (Å²) >= 11 is 0. The highest BCUT2D eigenvalue weighted by Crippen LogP contribution is 2.21. The second-order valence-corrected chi connectivity index (χ2v) is 6.58. The van der Waals surface area contributed by atoms with Gasteiger partial charge in [0.2, 0.25) is 0 Å². The SMILES string of the molecule is CC(C)(CN=C(N)N1CCCCC1)N1CCCCC1.I. The molecule has 2 heterocycles. The molecule has 0 amide bonds. The van der Waals surface area contributed by atoms with Gasteiger partial charge < -0.3 is 10.6 Å². The molecular formula is C15H31IN4. The molecule has 2 saturated heterocycles. The van der Waals surface area contributed by atoms with Crippen LogP contribution in [0.4, 0.5) is 0 Å². The molecule has 2 fully saturated rings. The van der Waals surface area contributed by atoms with Crippen LogP contribution in [-0.2, 0) is 0 Å². The quantitative estimate of drug-likeness (QED) is 0.455. The fourth-order valence-electron chi connectivity index (χ4n) is 3.10. The van der Waals surface area contributed by atoms with E-state index < -0.39 is 0 Å². The second-order valence-electron chi connectivity index (χ2n) is 6.58. The number of guanidine groups is 1. The van der Waals surface area contributed by atoms with Gasteiger partial charge in [-0.15, -0.1) is 24.0 Å². The van der Waals surface area contributed by atoms with Crippen molar-refractivity contribution in [3.05, 3.63) is 0 Å². The van der Waals surface area contributed by atoms with E-state index in [0.29, 0.717) is 0 Å². The highest BCUT2D eigenvalue weighted by molar-refractivity contribution is 14.0. The highest BCUT2D eigenvalue weighted by Gasteiger charge is 2.27. The van der Waals surface area contributed by atoms with Gasteiger partial charge in [-0.3, -0.25) is 9.89 Å². The van der Waals surface area contributed by atoms with E-state index in [-0.39, 0.29) is 29.5 Å². The van der Waals surface area contributed by atoms with Crippen LogP contribution < -0.4 is 5.73 Å². The summed E-state index contributed by atoms with van der Waals surface area (Å²) in [7, 11) is 0. The van der Waals surface area contributed by atoms with Crippen LogP contribution in [0, 0.1) is 0 Å². The summed E-state index contributed by atoms with van der Waals surface area (Å²) in [6.45, 7) is 10.0. The van der Waals surface area contributed by atoms with Crippen LogP contribution in [-0.4, -0.2) is 54.0 Å². The fourth-order valence-corrected chi connectivity index (χ4v) is 3.10. The van der Waals surface area contributed by atoms with Crippen LogP contribution in [0.25, 0.3) is 0 Å². The Morgan fingerprint density at radius 3 is 2.00 bits per heavy atom. The first-order chi connectivity index (χ1) is 9.09. The van der Waals surface area contributed by atoms with Crippen molar-refractivity contribution >= 4 is 29.9 Å². The van der Waals surface area contributed by atoms with E-state index in [2.05, 4.69) is 28.6 Å². The number of nitrogens with two attached hydrogens (primary N) is 1. The summed E-state index contributed by atoms with van der Waals surface area (Å²) in [5.74, 6) is 0.754. The number of rotatable bonds is 3. The average Bonchev–Trinajstić information content (AvgIpc) is 2.47. The lowest BCUT2D eigenvalue weighted by atomic mass is 9.99. The first kappa shape index (κ1) is 18.0. The number of hydrogen-bond donors (Lipinski definition) is 1. The molecule has 4 nitrogen and oxygen atoms in total. The lowest BCUT2D eigenvalue weighted by Crippen LogP contribution is -2.49. The summed E-state index contributed by atoms with van der Waals surface area (Å²) in [5, 5.41) is 0. The van der Waals surface area contributed by atoms with E-state index in [0.717, 1.165) is 25.6 Å². The molecular weight excluding hydrogens is 363 g/mol. The molecule has 0 atom stereocenters. The van der Waals surface area contributed by atoms with E-state index in [9.17, 15) is 0 Å². The molecule has 2 N–H and O–H groups in total. The molecule has 2 aliphatic heterocycles. The zero-order valence-electron chi connectivity index (χ0n) is 13.1. The molecule has 0 spiro atoms. The predicted molar refractivity (Wildman–Crippen MR) is 96.8 cm³/mol. The Morgan fingerprint density at radius 2 is 1.45 bits per heavy atom. The Labute approximate surface area is 141 Å². The third-order valence-electron chi connectivity index (χ3n) is 4.52. The van der Waals surface area contributed by atoms with Gasteiger partial charge in [-0.2, -0.15) is 0 Å². The van der Waals surface area contributed by atoms with Crippen molar-refractivity contribution in [2.45, 2.75) is 57.9 Å². The van der Waals surface area contributed by atoms with Gasteiger partial charge in [0.15, 0.2) is 5.96 Å². The summed E-state index contributed by atoms with van der Waals surface area (Å²) in [6, 6.07) is 0. The van der Waals surface area contributed by atoms with Crippen molar-refractivity contribution < 1.29 is 0 Å². The molecule has 5 heteroatoms. The molecule has 118 valence electrons. The summed E-state index contributed by atoms with van der Waals surface area (Å²) in [4.78, 5) is 9.49. The molecule has 0 aromatic rings. The average molecular weight is 394 g/mol. The van der Waals surface area contributed by atoms with Crippen LogP contribution in [0.15, 0.2) is 4.99 Å². The molecule has 0 aliphatic carbocycles. The van der Waals surface area contributed by atoms with Crippen LogP contribution >= 0.6 is 24.0 Å². The van der Waals surface area contributed by atoms with Crippen LogP contribution in [0.2, 0.25) is 0 Å². The van der Waals surface area contributed by atoms with Gasteiger partial charge in [-0.25, -0.2) is 0 Å². The fraction of sp³-hybridized carbons (Fsp3) is 0.933. The predicted octanol–water partition coefficient (Wildman–Crippen LogP) is 2.67. The maximum absolute atomic E-state index is 6.14. The normalized spacial score (nSPS) is 22.5. The molecule has 0 aromatic heterocycles. The number of halogens is 1. The summed E-state index contributed by atoms with van der Waals surface area (Å²) in [6.07, 6.45) is 7.88.